The van der Waals surface area contributed by atoms with E-state index in [-0.39, 0.29) is 12.1 Å². The molecule has 1 aliphatic rings. The molecule has 0 spiro atoms. The Balaban J connectivity index is 2.11. The SMILES string of the molecule is CCCN1CCC(N)C1c1ccc(Cl)c2cccnc12. The normalized spacial score (nSPS) is 23.6. The van der Waals surface area contributed by atoms with Gasteiger partial charge in [-0.1, -0.05) is 24.6 Å². The van der Waals surface area contributed by atoms with E-state index >= 15 is 0 Å². The van der Waals surface area contributed by atoms with Crippen LogP contribution < -0.4 is 5.73 Å². The Bertz CT molecular complexity index is 612. The molecule has 0 amide bonds. The summed E-state index contributed by atoms with van der Waals surface area (Å²) in [4.78, 5) is 7.02. The number of benzene rings is 1. The van der Waals surface area contributed by atoms with Crippen molar-refractivity contribution in [2.75, 3.05) is 13.1 Å². The molecular formula is C16H20ClN3. The van der Waals surface area contributed by atoms with E-state index in [1.807, 2.05) is 24.4 Å². The number of pyridine rings is 1. The molecule has 3 rings (SSSR count). The van der Waals surface area contributed by atoms with E-state index in [0.717, 1.165) is 41.9 Å². The predicted molar refractivity (Wildman–Crippen MR) is 84.0 cm³/mol. The molecule has 2 atom stereocenters. The number of nitrogens with two attached hydrogens (primary N) is 1. The van der Waals surface area contributed by atoms with Crippen LogP contribution in [0.5, 0.6) is 0 Å². The summed E-state index contributed by atoms with van der Waals surface area (Å²) in [5.41, 5.74) is 8.56. The van der Waals surface area contributed by atoms with Crippen LogP contribution in [-0.2, 0) is 0 Å². The molecule has 1 aromatic carbocycles. The highest BCUT2D eigenvalue weighted by molar-refractivity contribution is 6.35. The maximum atomic E-state index is 6.36. The summed E-state index contributed by atoms with van der Waals surface area (Å²) in [5.74, 6) is 0. The molecule has 2 aromatic rings. The number of nitrogens with zero attached hydrogens (tertiary/aromatic N) is 2. The molecule has 2 N–H and O–H groups in total. The van der Waals surface area contributed by atoms with Crippen LogP contribution in [0.1, 0.15) is 31.4 Å². The van der Waals surface area contributed by atoms with Gasteiger partial charge in [0.2, 0.25) is 0 Å². The van der Waals surface area contributed by atoms with E-state index in [1.165, 1.54) is 5.56 Å². The van der Waals surface area contributed by atoms with E-state index in [4.69, 9.17) is 17.3 Å². The third-order valence-electron chi connectivity index (χ3n) is 4.13. The second-order valence-corrected chi connectivity index (χ2v) is 5.88. The summed E-state index contributed by atoms with van der Waals surface area (Å²) in [5, 5.41) is 1.77. The molecule has 4 heteroatoms. The fourth-order valence-corrected chi connectivity index (χ4v) is 3.46. The standard InChI is InChI=1S/C16H20ClN3/c1-2-9-20-10-7-14(18)16(20)12-5-6-13(17)11-4-3-8-19-15(11)12/h3-6,8,14,16H,2,7,9-10,18H2,1H3. The van der Waals surface area contributed by atoms with Gasteiger partial charge in [0, 0.05) is 29.2 Å². The van der Waals surface area contributed by atoms with Crippen molar-refractivity contribution in [2.45, 2.75) is 31.8 Å². The van der Waals surface area contributed by atoms with Crippen LogP contribution in [0.15, 0.2) is 30.5 Å². The van der Waals surface area contributed by atoms with E-state index in [9.17, 15) is 0 Å². The smallest absolute Gasteiger partial charge is 0.0765 e. The molecule has 2 unspecified atom stereocenters. The van der Waals surface area contributed by atoms with Gasteiger partial charge >= 0.3 is 0 Å². The van der Waals surface area contributed by atoms with Crippen molar-refractivity contribution in [3.05, 3.63) is 41.0 Å². The lowest BCUT2D eigenvalue weighted by Gasteiger charge is -2.27. The minimum absolute atomic E-state index is 0.174. The minimum Gasteiger partial charge on any atom is -0.326 e. The highest BCUT2D eigenvalue weighted by atomic mass is 35.5. The lowest BCUT2D eigenvalue weighted by atomic mass is 9.97. The third kappa shape index (κ3) is 2.30. The number of hydrogen-bond donors (Lipinski definition) is 1. The Labute approximate surface area is 124 Å². The number of halogens is 1. The van der Waals surface area contributed by atoms with Crippen LogP contribution in [0.3, 0.4) is 0 Å². The lowest BCUT2D eigenvalue weighted by molar-refractivity contribution is 0.249. The summed E-state index contributed by atoms with van der Waals surface area (Å²) in [6.45, 7) is 4.35. The van der Waals surface area contributed by atoms with Crippen molar-refractivity contribution in [2.24, 2.45) is 5.73 Å². The van der Waals surface area contributed by atoms with E-state index in [1.54, 1.807) is 0 Å². The fourth-order valence-electron chi connectivity index (χ4n) is 3.25. The Kier molecular flexibility index (Phi) is 3.92. The Morgan fingerprint density at radius 3 is 3.05 bits per heavy atom. The molecule has 1 saturated heterocycles. The van der Waals surface area contributed by atoms with Gasteiger partial charge in [-0.05, 0) is 43.1 Å². The molecular weight excluding hydrogens is 270 g/mol. The van der Waals surface area contributed by atoms with Crippen LogP contribution in [0, 0.1) is 0 Å². The second-order valence-electron chi connectivity index (χ2n) is 5.47. The molecule has 0 aliphatic carbocycles. The molecule has 3 nitrogen and oxygen atoms in total. The first-order valence-electron chi connectivity index (χ1n) is 7.25. The first-order valence-corrected chi connectivity index (χ1v) is 7.63. The van der Waals surface area contributed by atoms with Crippen molar-refractivity contribution in [3.63, 3.8) is 0 Å². The number of aromatic nitrogens is 1. The van der Waals surface area contributed by atoms with Crippen LogP contribution >= 0.6 is 11.6 Å². The van der Waals surface area contributed by atoms with Crippen LogP contribution in [-0.4, -0.2) is 29.0 Å². The average molecular weight is 290 g/mol. The Morgan fingerprint density at radius 1 is 1.40 bits per heavy atom. The molecule has 1 aromatic heterocycles. The van der Waals surface area contributed by atoms with Gasteiger partial charge in [-0.2, -0.15) is 0 Å². The first kappa shape index (κ1) is 13.8. The summed E-state index contributed by atoms with van der Waals surface area (Å²) in [7, 11) is 0. The van der Waals surface area contributed by atoms with Crippen LogP contribution in [0.25, 0.3) is 10.9 Å². The summed E-state index contributed by atoms with van der Waals surface area (Å²) < 4.78 is 0. The van der Waals surface area contributed by atoms with Gasteiger partial charge in [-0.15, -0.1) is 0 Å². The maximum Gasteiger partial charge on any atom is 0.0765 e. The number of rotatable bonds is 3. The predicted octanol–water partition coefficient (Wildman–Crippen LogP) is 3.37. The van der Waals surface area contributed by atoms with Crippen LogP contribution in [0.2, 0.25) is 5.02 Å². The Hall–Kier alpha value is -1.16. The zero-order valence-electron chi connectivity index (χ0n) is 11.7. The van der Waals surface area contributed by atoms with Crippen molar-refractivity contribution in [1.29, 1.82) is 0 Å². The monoisotopic (exact) mass is 289 g/mol. The van der Waals surface area contributed by atoms with Gasteiger partial charge in [-0.25, -0.2) is 0 Å². The zero-order valence-corrected chi connectivity index (χ0v) is 12.5. The number of likely N-dealkylation sites (tertiary alicyclic amines) is 1. The summed E-state index contributed by atoms with van der Waals surface area (Å²) in [6.07, 6.45) is 4.01. The minimum atomic E-state index is 0.174. The maximum absolute atomic E-state index is 6.36. The molecule has 0 bridgehead atoms. The van der Waals surface area contributed by atoms with Crippen molar-refractivity contribution >= 4 is 22.5 Å². The Morgan fingerprint density at radius 2 is 2.25 bits per heavy atom. The molecule has 1 aliphatic heterocycles. The number of hydrogen-bond acceptors (Lipinski definition) is 3. The van der Waals surface area contributed by atoms with Crippen LogP contribution in [0.4, 0.5) is 0 Å². The average Bonchev–Trinajstić information content (AvgIpc) is 2.82. The zero-order chi connectivity index (χ0) is 14.1. The highest BCUT2D eigenvalue weighted by Crippen LogP contribution is 2.36. The molecule has 0 saturated carbocycles. The number of fused-ring (bicyclic) bond motifs is 1. The third-order valence-corrected chi connectivity index (χ3v) is 4.46. The van der Waals surface area contributed by atoms with Crippen molar-refractivity contribution < 1.29 is 0 Å². The van der Waals surface area contributed by atoms with Crippen molar-refractivity contribution in [1.82, 2.24) is 9.88 Å². The van der Waals surface area contributed by atoms with E-state index in [2.05, 4.69) is 22.9 Å². The van der Waals surface area contributed by atoms with Gasteiger partial charge < -0.3 is 5.73 Å². The molecule has 106 valence electrons. The van der Waals surface area contributed by atoms with Gasteiger partial charge in [0.1, 0.15) is 0 Å². The highest BCUT2D eigenvalue weighted by Gasteiger charge is 2.33. The fraction of sp³-hybridized carbons (Fsp3) is 0.438. The van der Waals surface area contributed by atoms with Gasteiger partial charge in [0.05, 0.1) is 11.6 Å². The molecule has 2 heterocycles. The first-order chi connectivity index (χ1) is 9.72. The van der Waals surface area contributed by atoms with E-state index < -0.39 is 0 Å². The summed E-state index contributed by atoms with van der Waals surface area (Å²) >= 11 is 6.28. The van der Waals surface area contributed by atoms with Crippen molar-refractivity contribution in [3.8, 4) is 0 Å². The summed E-state index contributed by atoms with van der Waals surface area (Å²) in [6, 6.07) is 8.44. The largest absolute Gasteiger partial charge is 0.326 e. The second kappa shape index (κ2) is 5.68. The van der Waals surface area contributed by atoms with E-state index in [0.29, 0.717) is 0 Å². The quantitative estimate of drug-likeness (QED) is 0.942. The molecule has 1 fully saturated rings. The molecule has 0 radical (unpaired) electrons. The van der Waals surface area contributed by atoms with Gasteiger partial charge in [0.15, 0.2) is 0 Å². The van der Waals surface area contributed by atoms with Gasteiger partial charge in [0.25, 0.3) is 0 Å². The molecule has 20 heavy (non-hydrogen) atoms. The topological polar surface area (TPSA) is 42.1 Å². The van der Waals surface area contributed by atoms with Gasteiger partial charge in [-0.3, -0.25) is 9.88 Å². The lowest BCUT2D eigenvalue weighted by Crippen LogP contribution is -2.32.